The van der Waals surface area contributed by atoms with Crippen LogP contribution in [0.3, 0.4) is 0 Å². The van der Waals surface area contributed by atoms with Crippen LogP contribution in [0.5, 0.6) is 0 Å². The van der Waals surface area contributed by atoms with E-state index >= 15 is 0 Å². The smallest absolute Gasteiger partial charge is 0.396 e. The number of hydrogen-bond acceptors (Lipinski definition) is 2. The first kappa shape index (κ1) is 10.8. The van der Waals surface area contributed by atoms with Crippen molar-refractivity contribution >= 4 is 0 Å². The fourth-order valence-corrected chi connectivity index (χ4v) is 1.81. The van der Waals surface area contributed by atoms with E-state index < -0.39 is 18.1 Å². The third-order valence-electron chi connectivity index (χ3n) is 2.44. The minimum Gasteiger partial charge on any atom is -0.396 e. The predicted molar refractivity (Wildman–Crippen MR) is 42.3 cm³/mol. The van der Waals surface area contributed by atoms with Crippen molar-refractivity contribution < 1.29 is 18.3 Å². The Hall–Kier alpha value is -0.290. The predicted octanol–water partition coefficient (Wildman–Crippen LogP) is 1.30. The number of alkyl halides is 3. The number of hydrogen-bond donors (Lipinski definition) is 2. The van der Waals surface area contributed by atoms with Gasteiger partial charge in [-0.1, -0.05) is 0 Å². The zero-order valence-electron chi connectivity index (χ0n) is 7.27. The van der Waals surface area contributed by atoms with Gasteiger partial charge in [0.05, 0.1) is 0 Å². The summed E-state index contributed by atoms with van der Waals surface area (Å²) in [5.41, 5.74) is 0. The fourth-order valence-electron chi connectivity index (χ4n) is 1.81. The lowest BCUT2D eigenvalue weighted by Gasteiger charge is -2.33. The van der Waals surface area contributed by atoms with E-state index in [4.69, 9.17) is 5.11 Å². The standard InChI is InChI=1S/C8H14F3NO/c9-8(10,11)7-6(3-5-13)2-1-4-12-7/h6-7,12-13H,1-5H2/t6-,7+/m0/s1. The van der Waals surface area contributed by atoms with E-state index in [9.17, 15) is 13.2 Å². The summed E-state index contributed by atoms with van der Waals surface area (Å²) in [6.45, 7) is 0.255. The fraction of sp³-hybridized carbons (Fsp3) is 1.00. The molecule has 0 radical (unpaired) electrons. The molecule has 1 fully saturated rings. The maximum Gasteiger partial charge on any atom is 0.404 e. The lowest BCUT2D eigenvalue weighted by atomic mass is 9.88. The SMILES string of the molecule is OCC[C@@H]1CCCN[C@H]1C(F)(F)F. The Morgan fingerprint density at radius 1 is 1.38 bits per heavy atom. The zero-order valence-corrected chi connectivity index (χ0v) is 7.27. The Morgan fingerprint density at radius 2 is 2.08 bits per heavy atom. The molecule has 1 aliphatic rings. The molecular weight excluding hydrogens is 183 g/mol. The lowest BCUT2D eigenvalue weighted by molar-refractivity contribution is -0.173. The summed E-state index contributed by atoms with van der Waals surface area (Å²) >= 11 is 0. The Morgan fingerprint density at radius 3 is 2.62 bits per heavy atom. The molecule has 0 aliphatic carbocycles. The summed E-state index contributed by atoms with van der Waals surface area (Å²) in [5.74, 6) is -0.459. The Balaban J connectivity index is 2.56. The molecule has 2 nitrogen and oxygen atoms in total. The maximum atomic E-state index is 12.4. The first-order valence-electron chi connectivity index (χ1n) is 4.46. The van der Waals surface area contributed by atoms with E-state index in [-0.39, 0.29) is 13.0 Å². The lowest BCUT2D eigenvalue weighted by Crippen LogP contribution is -2.51. The summed E-state index contributed by atoms with van der Waals surface area (Å²) < 4.78 is 37.1. The van der Waals surface area contributed by atoms with Crippen molar-refractivity contribution in [2.24, 2.45) is 5.92 Å². The number of aliphatic hydroxyl groups is 1. The summed E-state index contributed by atoms with van der Waals surface area (Å²) in [6.07, 6.45) is -2.63. The van der Waals surface area contributed by atoms with E-state index in [2.05, 4.69) is 5.32 Å². The molecule has 0 aromatic heterocycles. The maximum absolute atomic E-state index is 12.4. The van der Waals surface area contributed by atoms with Crippen LogP contribution in [0.4, 0.5) is 13.2 Å². The van der Waals surface area contributed by atoms with Crippen molar-refractivity contribution in [1.82, 2.24) is 5.32 Å². The highest BCUT2D eigenvalue weighted by atomic mass is 19.4. The number of rotatable bonds is 2. The van der Waals surface area contributed by atoms with Gasteiger partial charge in [-0.2, -0.15) is 13.2 Å². The van der Waals surface area contributed by atoms with Crippen LogP contribution in [0.15, 0.2) is 0 Å². The Labute approximate surface area is 75.1 Å². The third-order valence-corrected chi connectivity index (χ3v) is 2.44. The van der Waals surface area contributed by atoms with Crippen molar-refractivity contribution in [2.45, 2.75) is 31.5 Å². The van der Waals surface area contributed by atoms with Crippen LogP contribution in [0.1, 0.15) is 19.3 Å². The van der Waals surface area contributed by atoms with Gasteiger partial charge in [-0.3, -0.25) is 0 Å². The van der Waals surface area contributed by atoms with Gasteiger partial charge in [0.15, 0.2) is 0 Å². The average molecular weight is 197 g/mol. The molecule has 2 atom stereocenters. The average Bonchev–Trinajstić information content (AvgIpc) is 2.04. The molecule has 0 aromatic rings. The number of halogens is 3. The van der Waals surface area contributed by atoms with Gasteiger partial charge in [0.25, 0.3) is 0 Å². The minimum atomic E-state index is -4.18. The van der Waals surface area contributed by atoms with Gasteiger partial charge in [-0.15, -0.1) is 0 Å². The summed E-state index contributed by atoms with van der Waals surface area (Å²) in [7, 11) is 0. The van der Waals surface area contributed by atoms with E-state index in [0.29, 0.717) is 13.0 Å². The van der Waals surface area contributed by atoms with Crippen LogP contribution in [0, 0.1) is 5.92 Å². The summed E-state index contributed by atoms with van der Waals surface area (Å²) in [6, 6.07) is -1.42. The van der Waals surface area contributed by atoms with Crippen LogP contribution < -0.4 is 5.32 Å². The molecular formula is C8H14F3NO. The molecule has 5 heteroatoms. The molecule has 2 N–H and O–H groups in total. The van der Waals surface area contributed by atoms with Crippen LogP contribution in [0.2, 0.25) is 0 Å². The molecule has 0 spiro atoms. The van der Waals surface area contributed by atoms with Gasteiger partial charge < -0.3 is 10.4 Å². The van der Waals surface area contributed by atoms with Crippen molar-refractivity contribution in [3.63, 3.8) is 0 Å². The van der Waals surface area contributed by atoms with E-state index in [0.717, 1.165) is 6.42 Å². The third kappa shape index (κ3) is 2.84. The van der Waals surface area contributed by atoms with Gasteiger partial charge >= 0.3 is 6.18 Å². The van der Waals surface area contributed by atoms with Gasteiger partial charge in [-0.05, 0) is 31.7 Å². The second-order valence-corrected chi connectivity index (χ2v) is 3.39. The Kier molecular flexibility index (Phi) is 3.55. The van der Waals surface area contributed by atoms with Gasteiger partial charge in [-0.25, -0.2) is 0 Å². The molecule has 13 heavy (non-hydrogen) atoms. The van der Waals surface area contributed by atoms with Crippen molar-refractivity contribution in [2.75, 3.05) is 13.2 Å². The monoisotopic (exact) mass is 197 g/mol. The summed E-state index contributed by atoms with van der Waals surface area (Å²) in [4.78, 5) is 0. The first-order valence-corrected chi connectivity index (χ1v) is 4.46. The Bertz CT molecular complexity index is 158. The zero-order chi connectivity index (χ0) is 9.90. The second-order valence-electron chi connectivity index (χ2n) is 3.39. The number of aliphatic hydroxyl groups excluding tert-OH is 1. The van der Waals surface area contributed by atoms with E-state index in [1.807, 2.05) is 0 Å². The molecule has 0 amide bonds. The van der Waals surface area contributed by atoms with Crippen LogP contribution >= 0.6 is 0 Å². The quantitative estimate of drug-likeness (QED) is 0.699. The van der Waals surface area contributed by atoms with E-state index in [1.165, 1.54) is 0 Å². The molecule has 1 aliphatic heterocycles. The molecule has 1 heterocycles. The molecule has 1 saturated heterocycles. The van der Waals surface area contributed by atoms with Gasteiger partial charge in [0, 0.05) is 6.61 Å². The van der Waals surface area contributed by atoms with Crippen molar-refractivity contribution in [3.05, 3.63) is 0 Å². The summed E-state index contributed by atoms with van der Waals surface area (Å²) in [5, 5.41) is 11.1. The van der Waals surface area contributed by atoms with Gasteiger partial charge in [0.1, 0.15) is 6.04 Å². The minimum absolute atomic E-state index is 0.168. The number of piperidine rings is 1. The van der Waals surface area contributed by atoms with Crippen molar-refractivity contribution in [3.8, 4) is 0 Å². The molecule has 1 rings (SSSR count). The molecule has 0 bridgehead atoms. The second kappa shape index (κ2) is 4.28. The highest BCUT2D eigenvalue weighted by molar-refractivity contribution is 4.86. The molecule has 78 valence electrons. The highest BCUT2D eigenvalue weighted by Gasteiger charge is 2.45. The topological polar surface area (TPSA) is 32.3 Å². The molecule has 0 unspecified atom stereocenters. The van der Waals surface area contributed by atoms with Gasteiger partial charge in [0.2, 0.25) is 0 Å². The van der Waals surface area contributed by atoms with Crippen molar-refractivity contribution in [1.29, 1.82) is 0 Å². The van der Waals surface area contributed by atoms with Crippen LogP contribution in [-0.2, 0) is 0 Å². The number of nitrogens with one attached hydrogen (secondary N) is 1. The molecule has 0 saturated carbocycles. The van der Waals surface area contributed by atoms with Crippen LogP contribution in [0.25, 0.3) is 0 Å². The largest absolute Gasteiger partial charge is 0.404 e. The first-order chi connectivity index (χ1) is 6.05. The van der Waals surface area contributed by atoms with E-state index in [1.54, 1.807) is 0 Å². The van der Waals surface area contributed by atoms with Crippen LogP contribution in [-0.4, -0.2) is 30.5 Å². The molecule has 0 aromatic carbocycles. The normalized spacial score (nSPS) is 30.5. The highest BCUT2D eigenvalue weighted by Crippen LogP contribution is 2.32.